The molecule has 2 nitrogen and oxygen atoms in total. The van der Waals surface area contributed by atoms with E-state index in [1.807, 2.05) is 6.92 Å². The summed E-state index contributed by atoms with van der Waals surface area (Å²) in [5, 5.41) is 2.91. The van der Waals surface area contributed by atoms with Gasteiger partial charge in [0.25, 0.3) is 0 Å². The lowest BCUT2D eigenvalue weighted by Gasteiger charge is -2.18. The summed E-state index contributed by atoms with van der Waals surface area (Å²) in [6.07, 6.45) is 2.34. The minimum absolute atomic E-state index is 0.163. The van der Waals surface area contributed by atoms with Crippen LogP contribution in [0.15, 0.2) is 33.4 Å². The molecule has 108 valence electrons. The number of furan rings is 1. The third kappa shape index (κ3) is 3.22. The Morgan fingerprint density at radius 2 is 2.10 bits per heavy atom. The SMILES string of the molecule is CCCNC(c1cc(F)c(Cl)cc1F)c1occc1Br. The van der Waals surface area contributed by atoms with Gasteiger partial charge in [0.2, 0.25) is 0 Å². The zero-order valence-corrected chi connectivity index (χ0v) is 13.1. The minimum atomic E-state index is -0.658. The van der Waals surface area contributed by atoms with E-state index in [-0.39, 0.29) is 10.6 Å². The van der Waals surface area contributed by atoms with E-state index in [1.165, 1.54) is 6.26 Å². The van der Waals surface area contributed by atoms with Crippen molar-refractivity contribution in [2.45, 2.75) is 19.4 Å². The van der Waals surface area contributed by atoms with Crippen LogP contribution in [0.3, 0.4) is 0 Å². The molecule has 0 spiro atoms. The molecular weight excluding hydrogens is 352 g/mol. The van der Waals surface area contributed by atoms with Gasteiger partial charge in [0.15, 0.2) is 0 Å². The fourth-order valence-corrected chi connectivity index (χ4v) is 2.48. The van der Waals surface area contributed by atoms with E-state index < -0.39 is 17.7 Å². The van der Waals surface area contributed by atoms with Crippen LogP contribution in [-0.4, -0.2) is 6.54 Å². The van der Waals surface area contributed by atoms with Crippen molar-refractivity contribution in [3.63, 3.8) is 0 Å². The largest absolute Gasteiger partial charge is 0.466 e. The van der Waals surface area contributed by atoms with Gasteiger partial charge in [-0.2, -0.15) is 0 Å². The molecule has 2 rings (SSSR count). The Bertz CT molecular complexity index is 603. The average molecular weight is 365 g/mol. The first kappa shape index (κ1) is 15.5. The lowest BCUT2D eigenvalue weighted by Crippen LogP contribution is -2.24. The highest BCUT2D eigenvalue weighted by Gasteiger charge is 2.24. The number of hydrogen-bond acceptors (Lipinski definition) is 2. The summed E-state index contributed by atoms with van der Waals surface area (Å²) >= 11 is 8.92. The molecule has 1 aromatic carbocycles. The Balaban J connectivity index is 2.46. The maximum Gasteiger partial charge on any atom is 0.142 e. The van der Waals surface area contributed by atoms with E-state index in [4.69, 9.17) is 16.0 Å². The zero-order valence-electron chi connectivity index (χ0n) is 10.7. The second kappa shape index (κ2) is 6.70. The van der Waals surface area contributed by atoms with Crippen molar-refractivity contribution in [1.82, 2.24) is 5.32 Å². The summed E-state index contributed by atoms with van der Waals surface area (Å²) < 4.78 is 33.8. The molecule has 0 bridgehead atoms. The normalized spacial score (nSPS) is 12.7. The number of rotatable bonds is 5. The van der Waals surface area contributed by atoms with Crippen LogP contribution in [-0.2, 0) is 0 Å². The van der Waals surface area contributed by atoms with Gasteiger partial charge in [-0.3, -0.25) is 0 Å². The molecule has 0 saturated heterocycles. The van der Waals surface area contributed by atoms with Crippen LogP contribution in [0.1, 0.15) is 30.7 Å². The standard InChI is InChI=1S/C14H13BrClF2NO/c1-2-4-19-13(14-9(15)3-5-20-14)8-6-12(18)10(16)7-11(8)17/h3,5-7,13,19H,2,4H2,1H3. The molecular formula is C14H13BrClF2NO. The summed E-state index contributed by atoms with van der Waals surface area (Å²) in [7, 11) is 0. The van der Waals surface area contributed by atoms with Gasteiger partial charge < -0.3 is 9.73 Å². The van der Waals surface area contributed by atoms with Crippen molar-refractivity contribution in [2.24, 2.45) is 0 Å². The quantitative estimate of drug-likeness (QED) is 0.750. The van der Waals surface area contributed by atoms with Crippen molar-refractivity contribution in [3.05, 3.63) is 56.9 Å². The van der Waals surface area contributed by atoms with Gasteiger partial charge in [-0.15, -0.1) is 0 Å². The number of benzene rings is 1. The van der Waals surface area contributed by atoms with E-state index >= 15 is 0 Å². The molecule has 1 heterocycles. The molecule has 1 unspecified atom stereocenters. The van der Waals surface area contributed by atoms with Crippen LogP contribution in [0.5, 0.6) is 0 Å². The van der Waals surface area contributed by atoms with Crippen LogP contribution in [0.25, 0.3) is 0 Å². The second-order valence-corrected chi connectivity index (χ2v) is 5.57. The maximum absolute atomic E-state index is 14.1. The van der Waals surface area contributed by atoms with Gasteiger partial charge in [0.1, 0.15) is 17.4 Å². The van der Waals surface area contributed by atoms with Crippen LogP contribution in [0.4, 0.5) is 8.78 Å². The Morgan fingerprint density at radius 1 is 1.35 bits per heavy atom. The molecule has 0 aliphatic carbocycles. The Labute approximate surface area is 129 Å². The van der Waals surface area contributed by atoms with E-state index in [2.05, 4.69) is 21.2 Å². The molecule has 0 radical (unpaired) electrons. The van der Waals surface area contributed by atoms with Crippen LogP contribution < -0.4 is 5.32 Å². The molecule has 1 atom stereocenters. The molecule has 6 heteroatoms. The van der Waals surface area contributed by atoms with Gasteiger partial charge in [0, 0.05) is 5.56 Å². The minimum Gasteiger partial charge on any atom is -0.466 e. The predicted molar refractivity (Wildman–Crippen MR) is 77.9 cm³/mol. The van der Waals surface area contributed by atoms with Crippen molar-refractivity contribution in [1.29, 1.82) is 0 Å². The summed E-state index contributed by atoms with van der Waals surface area (Å²) in [6.45, 7) is 2.63. The first-order valence-electron chi connectivity index (χ1n) is 6.15. The lowest BCUT2D eigenvalue weighted by molar-refractivity contribution is 0.432. The highest BCUT2D eigenvalue weighted by Crippen LogP contribution is 2.32. The first-order chi connectivity index (χ1) is 9.54. The molecule has 0 aliphatic heterocycles. The Hall–Kier alpha value is -0.910. The molecule has 0 amide bonds. The summed E-state index contributed by atoms with van der Waals surface area (Å²) in [5.74, 6) is -0.735. The van der Waals surface area contributed by atoms with E-state index in [0.29, 0.717) is 16.8 Å². The van der Waals surface area contributed by atoms with E-state index in [9.17, 15) is 8.78 Å². The first-order valence-corrected chi connectivity index (χ1v) is 7.32. The van der Waals surface area contributed by atoms with Crippen molar-refractivity contribution in [3.8, 4) is 0 Å². The molecule has 2 aromatic rings. The van der Waals surface area contributed by atoms with Crippen LogP contribution in [0.2, 0.25) is 5.02 Å². The fourth-order valence-electron chi connectivity index (χ4n) is 1.90. The molecule has 20 heavy (non-hydrogen) atoms. The molecule has 0 aliphatic rings. The topological polar surface area (TPSA) is 25.2 Å². The van der Waals surface area contributed by atoms with Gasteiger partial charge in [-0.25, -0.2) is 8.78 Å². The molecule has 0 fully saturated rings. The maximum atomic E-state index is 14.1. The summed E-state index contributed by atoms with van der Waals surface area (Å²) in [5.41, 5.74) is 0.163. The summed E-state index contributed by atoms with van der Waals surface area (Å²) in [6, 6.07) is 3.20. The zero-order chi connectivity index (χ0) is 14.7. The second-order valence-electron chi connectivity index (χ2n) is 4.31. The third-order valence-electron chi connectivity index (χ3n) is 2.86. The lowest BCUT2D eigenvalue weighted by atomic mass is 10.0. The van der Waals surface area contributed by atoms with E-state index in [1.54, 1.807) is 6.07 Å². The van der Waals surface area contributed by atoms with Gasteiger partial charge in [0.05, 0.1) is 21.8 Å². The highest BCUT2D eigenvalue weighted by atomic mass is 79.9. The number of nitrogens with one attached hydrogen (secondary N) is 1. The monoisotopic (exact) mass is 363 g/mol. The Kier molecular flexibility index (Phi) is 5.18. The smallest absolute Gasteiger partial charge is 0.142 e. The van der Waals surface area contributed by atoms with Gasteiger partial charge >= 0.3 is 0 Å². The molecule has 0 saturated carbocycles. The third-order valence-corrected chi connectivity index (χ3v) is 3.80. The fraction of sp³-hybridized carbons (Fsp3) is 0.286. The van der Waals surface area contributed by atoms with Crippen molar-refractivity contribution >= 4 is 27.5 Å². The molecule has 1 aromatic heterocycles. The van der Waals surface area contributed by atoms with Crippen LogP contribution >= 0.6 is 27.5 Å². The average Bonchev–Trinajstić information content (AvgIpc) is 2.82. The predicted octanol–water partition coefficient (Wildman–Crippen LogP) is 5.06. The van der Waals surface area contributed by atoms with Crippen molar-refractivity contribution < 1.29 is 13.2 Å². The van der Waals surface area contributed by atoms with E-state index in [0.717, 1.165) is 18.6 Å². The molecule has 1 N–H and O–H groups in total. The van der Waals surface area contributed by atoms with Crippen molar-refractivity contribution in [2.75, 3.05) is 6.54 Å². The summed E-state index contributed by atoms with van der Waals surface area (Å²) in [4.78, 5) is 0. The Morgan fingerprint density at radius 3 is 2.70 bits per heavy atom. The highest BCUT2D eigenvalue weighted by molar-refractivity contribution is 9.10. The number of halogens is 4. The van der Waals surface area contributed by atoms with Crippen LogP contribution in [0, 0.1) is 11.6 Å². The number of hydrogen-bond donors (Lipinski definition) is 1. The van der Waals surface area contributed by atoms with Gasteiger partial charge in [-0.1, -0.05) is 18.5 Å². The van der Waals surface area contributed by atoms with Gasteiger partial charge in [-0.05, 0) is 47.1 Å².